The van der Waals surface area contributed by atoms with Crippen molar-refractivity contribution in [1.29, 1.82) is 0 Å². The van der Waals surface area contributed by atoms with Gasteiger partial charge < -0.3 is 9.15 Å². The maximum atomic E-state index is 13.2. The third kappa shape index (κ3) is 4.22. The van der Waals surface area contributed by atoms with Crippen LogP contribution in [0.25, 0.3) is 17.3 Å². The predicted octanol–water partition coefficient (Wildman–Crippen LogP) is 4.59. The Labute approximate surface area is 162 Å². The molecule has 3 rings (SSSR count). The van der Waals surface area contributed by atoms with Gasteiger partial charge in [-0.2, -0.15) is 13.2 Å². The molecule has 2 heterocycles. The van der Waals surface area contributed by atoms with Crippen LogP contribution in [0.1, 0.15) is 19.4 Å². The normalized spacial score (nSPS) is 12.8. The maximum Gasteiger partial charge on any atom is 0.416 e. The molecule has 0 unspecified atom stereocenters. The molecule has 0 radical (unpaired) electrons. The third-order valence-corrected chi connectivity index (χ3v) is 4.73. The van der Waals surface area contributed by atoms with E-state index >= 15 is 0 Å². The summed E-state index contributed by atoms with van der Waals surface area (Å²) < 4.78 is 51.2. The van der Waals surface area contributed by atoms with E-state index in [4.69, 9.17) is 9.15 Å². The van der Waals surface area contributed by atoms with Gasteiger partial charge in [0.2, 0.25) is 5.82 Å². The number of furan rings is 1. The fourth-order valence-corrected chi connectivity index (χ4v) is 3.30. The Hall–Kier alpha value is -2.75. The molecule has 0 bridgehead atoms. The van der Waals surface area contributed by atoms with Crippen molar-refractivity contribution in [2.75, 3.05) is 6.61 Å². The zero-order valence-electron chi connectivity index (χ0n) is 14.9. The molecule has 0 saturated carbocycles. The number of hydrogen-bond donors (Lipinski definition) is 0. The van der Waals surface area contributed by atoms with Crippen molar-refractivity contribution < 1.29 is 27.1 Å². The van der Waals surface area contributed by atoms with E-state index in [1.165, 1.54) is 23.0 Å². The van der Waals surface area contributed by atoms with Gasteiger partial charge in [-0.3, -0.25) is 9.36 Å². The first kappa shape index (κ1) is 20.0. The SMILES string of the molecule is CCOC(=O)[C@H](C)Sc1nnc(-c2ccco2)n1-c1cccc(C(F)(F)F)c1. The van der Waals surface area contributed by atoms with Crippen molar-refractivity contribution >= 4 is 17.7 Å². The summed E-state index contributed by atoms with van der Waals surface area (Å²) in [6.07, 6.45) is -3.07. The first-order chi connectivity index (χ1) is 13.3. The Balaban J connectivity index is 2.07. The number of aromatic nitrogens is 3. The van der Waals surface area contributed by atoms with Crippen LogP contribution in [0.2, 0.25) is 0 Å². The van der Waals surface area contributed by atoms with Gasteiger partial charge in [0.1, 0.15) is 5.25 Å². The molecule has 28 heavy (non-hydrogen) atoms. The summed E-state index contributed by atoms with van der Waals surface area (Å²) in [5, 5.41) is 7.72. The number of ether oxygens (including phenoxy) is 1. The molecule has 0 saturated heterocycles. The van der Waals surface area contributed by atoms with Gasteiger partial charge in [-0.05, 0) is 44.2 Å². The predicted molar refractivity (Wildman–Crippen MR) is 96.0 cm³/mol. The highest BCUT2D eigenvalue weighted by molar-refractivity contribution is 8.00. The summed E-state index contributed by atoms with van der Waals surface area (Å²) in [6.45, 7) is 3.54. The Morgan fingerprint density at radius 3 is 2.71 bits per heavy atom. The first-order valence-corrected chi connectivity index (χ1v) is 9.19. The van der Waals surface area contributed by atoms with E-state index < -0.39 is 23.0 Å². The topological polar surface area (TPSA) is 70.2 Å². The molecule has 3 aromatic rings. The minimum absolute atomic E-state index is 0.199. The Morgan fingerprint density at radius 2 is 2.07 bits per heavy atom. The number of halogens is 3. The first-order valence-electron chi connectivity index (χ1n) is 8.31. The fourth-order valence-electron chi connectivity index (χ4n) is 2.43. The van der Waals surface area contributed by atoms with E-state index in [1.54, 1.807) is 26.0 Å². The molecule has 148 valence electrons. The highest BCUT2D eigenvalue weighted by Gasteiger charge is 2.31. The van der Waals surface area contributed by atoms with Crippen molar-refractivity contribution in [2.45, 2.75) is 30.4 Å². The second kappa shape index (κ2) is 8.09. The molecule has 10 heteroatoms. The van der Waals surface area contributed by atoms with E-state index in [0.29, 0.717) is 5.76 Å². The van der Waals surface area contributed by atoms with Crippen LogP contribution in [0.5, 0.6) is 0 Å². The third-order valence-electron chi connectivity index (χ3n) is 3.71. The Morgan fingerprint density at radius 1 is 1.29 bits per heavy atom. The quantitative estimate of drug-likeness (QED) is 0.437. The largest absolute Gasteiger partial charge is 0.465 e. The summed E-state index contributed by atoms with van der Waals surface area (Å²) in [5.74, 6) is 0.106. The molecule has 6 nitrogen and oxygen atoms in total. The number of esters is 1. The molecule has 1 aromatic carbocycles. The van der Waals surface area contributed by atoms with Gasteiger partial charge in [-0.25, -0.2) is 0 Å². The molecular weight excluding hydrogens is 395 g/mol. The molecule has 2 aromatic heterocycles. The summed E-state index contributed by atoms with van der Waals surface area (Å²) in [4.78, 5) is 11.9. The minimum Gasteiger partial charge on any atom is -0.465 e. The number of rotatable bonds is 6. The number of alkyl halides is 3. The molecule has 0 spiro atoms. The number of carbonyl (C=O) groups is 1. The van der Waals surface area contributed by atoms with Crippen LogP contribution in [-0.2, 0) is 15.7 Å². The molecule has 0 aliphatic heterocycles. The van der Waals surface area contributed by atoms with Crippen molar-refractivity contribution in [1.82, 2.24) is 14.8 Å². The smallest absolute Gasteiger partial charge is 0.416 e. The number of benzene rings is 1. The Bertz CT molecular complexity index is 955. The van der Waals surface area contributed by atoms with E-state index in [0.717, 1.165) is 23.9 Å². The highest BCUT2D eigenvalue weighted by atomic mass is 32.2. The van der Waals surface area contributed by atoms with E-state index in [-0.39, 0.29) is 23.3 Å². The van der Waals surface area contributed by atoms with Gasteiger partial charge in [0.15, 0.2) is 10.9 Å². The zero-order valence-corrected chi connectivity index (χ0v) is 15.8. The number of carbonyl (C=O) groups excluding carboxylic acids is 1. The van der Waals surface area contributed by atoms with Crippen LogP contribution >= 0.6 is 11.8 Å². The van der Waals surface area contributed by atoms with E-state index in [2.05, 4.69) is 10.2 Å². The van der Waals surface area contributed by atoms with Gasteiger partial charge in [0.25, 0.3) is 0 Å². The average Bonchev–Trinajstić information content (AvgIpc) is 3.30. The van der Waals surface area contributed by atoms with Gasteiger partial charge in [-0.15, -0.1) is 10.2 Å². The number of thioether (sulfide) groups is 1. The van der Waals surface area contributed by atoms with Crippen LogP contribution in [-0.4, -0.2) is 32.6 Å². The van der Waals surface area contributed by atoms with E-state index in [1.807, 2.05) is 0 Å². The fraction of sp³-hybridized carbons (Fsp3) is 0.278. The van der Waals surface area contributed by atoms with Crippen molar-refractivity contribution in [3.05, 3.63) is 48.2 Å². The lowest BCUT2D eigenvalue weighted by Crippen LogP contribution is -2.17. The van der Waals surface area contributed by atoms with Crippen LogP contribution in [0, 0.1) is 0 Å². The minimum atomic E-state index is -4.50. The lowest BCUT2D eigenvalue weighted by Gasteiger charge is -2.14. The summed E-state index contributed by atoms with van der Waals surface area (Å²) in [5.41, 5.74) is -0.608. The average molecular weight is 411 g/mol. The van der Waals surface area contributed by atoms with Crippen LogP contribution in [0.4, 0.5) is 13.2 Å². The van der Waals surface area contributed by atoms with Crippen molar-refractivity contribution in [3.8, 4) is 17.3 Å². The molecule has 0 amide bonds. The summed E-state index contributed by atoms with van der Waals surface area (Å²) >= 11 is 1.04. The monoisotopic (exact) mass is 411 g/mol. The van der Waals surface area contributed by atoms with Crippen LogP contribution in [0.3, 0.4) is 0 Å². The highest BCUT2D eigenvalue weighted by Crippen LogP contribution is 2.34. The molecule has 0 aliphatic carbocycles. The summed E-state index contributed by atoms with van der Waals surface area (Å²) in [6, 6.07) is 8.03. The second-order valence-corrected chi connectivity index (χ2v) is 6.99. The van der Waals surface area contributed by atoms with Gasteiger partial charge in [0.05, 0.1) is 24.1 Å². The molecule has 0 fully saturated rings. The van der Waals surface area contributed by atoms with Crippen molar-refractivity contribution in [2.24, 2.45) is 0 Å². The Kier molecular flexibility index (Phi) is 5.78. The van der Waals surface area contributed by atoms with Gasteiger partial charge in [-0.1, -0.05) is 17.8 Å². The standard InChI is InChI=1S/C18H16F3N3O3S/c1-3-26-16(25)11(2)28-17-23-22-15(14-8-5-9-27-14)24(17)13-7-4-6-12(10-13)18(19,20)21/h4-11H,3H2,1-2H3/t11-/m0/s1. The molecule has 0 N–H and O–H groups in total. The zero-order chi connectivity index (χ0) is 20.3. The second-order valence-electron chi connectivity index (χ2n) is 5.68. The molecular formula is C18H16F3N3O3S. The molecule has 0 aliphatic rings. The van der Waals surface area contributed by atoms with Gasteiger partial charge in [0, 0.05) is 0 Å². The molecule has 1 atom stereocenters. The van der Waals surface area contributed by atoms with E-state index in [9.17, 15) is 18.0 Å². The maximum absolute atomic E-state index is 13.2. The number of nitrogens with zero attached hydrogens (tertiary/aromatic N) is 3. The lowest BCUT2D eigenvalue weighted by molar-refractivity contribution is -0.142. The number of hydrogen-bond acceptors (Lipinski definition) is 6. The van der Waals surface area contributed by atoms with Crippen LogP contribution < -0.4 is 0 Å². The lowest BCUT2D eigenvalue weighted by atomic mass is 10.2. The van der Waals surface area contributed by atoms with Gasteiger partial charge >= 0.3 is 12.1 Å². The van der Waals surface area contributed by atoms with Crippen LogP contribution in [0.15, 0.2) is 52.2 Å². The summed E-state index contributed by atoms with van der Waals surface area (Å²) in [7, 11) is 0. The van der Waals surface area contributed by atoms with Crippen molar-refractivity contribution in [3.63, 3.8) is 0 Å².